The first-order chi connectivity index (χ1) is 9.43. The number of halogens is 1. The minimum Gasteiger partial charge on any atom is -0.396 e. The number of nitrogens with one attached hydrogen (secondary N) is 1. The van der Waals surface area contributed by atoms with E-state index in [1.807, 2.05) is 13.8 Å². The third-order valence-electron chi connectivity index (χ3n) is 3.02. The van der Waals surface area contributed by atoms with Crippen LogP contribution in [0, 0.1) is 5.92 Å². The highest BCUT2D eigenvalue weighted by Crippen LogP contribution is 2.22. The Bertz CT molecular complexity index is 459. The van der Waals surface area contributed by atoms with Gasteiger partial charge in [-0.3, -0.25) is 9.59 Å². The Balaban J connectivity index is 2.41. The number of carbonyl (C=O) groups excluding carboxylic acids is 2. The highest BCUT2D eigenvalue weighted by atomic mass is 35.5. The lowest BCUT2D eigenvalue weighted by Gasteiger charge is -2.21. The predicted octanol–water partition coefficient (Wildman–Crippen LogP) is 2.89. The lowest BCUT2D eigenvalue weighted by Crippen LogP contribution is -2.39. The van der Waals surface area contributed by atoms with Crippen LogP contribution < -0.4 is 5.32 Å². The number of aliphatic hydroxyl groups excluding tert-OH is 1. The molecule has 0 saturated carbocycles. The van der Waals surface area contributed by atoms with Crippen LogP contribution in [0.5, 0.6) is 0 Å². The second-order valence-electron chi connectivity index (χ2n) is 4.96. The molecule has 1 unspecified atom stereocenters. The highest BCUT2D eigenvalue weighted by Gasteiger charge is 2.17. The van der Waals surface area contributed by atoms with Crippen molar-refractivity contribution in [2.24, 2.45) is 5.92 Å². The molecule has 1 atom stereocenters. The van der Waals surface area contributed by atoms with Crippen molar-refractivity contribution in [3.8, 4) is 0 Å². The molecule has 112 valence electrons. The van der Waals surface area contributed by atoms with Crippen LogP contribution in [0.4, 0.5) is 0 Å². The molecule has 6 heteroatoms. The van der Waals surface area contributed by atoms with Crippen LogP contribution >= 0.6 is 22.9 Å². The number of hydrogen-bond acceptors (Lipinski definition) is 4. The van der Waals surface area contributed by atoms with Crippen molar-refractivity contribution in [1.82, 2.24) is 5.32 Å². The van der Waals surface area contributed by atoms with Crippen molar-refractivity contribution < 1.29 is 14.7 Å². The van der Waals surface area contributed by atoms with Crippen LogP contribution in [0.3, 0.4) is 0 Å². The monoisotopic (exact) mass is 317 g/mol. The molecule has 20 heavy (non-hydrogen) atoms. The van der Waals surface area contributed by atoms with Gasteiger partial charge in [0.05, 0.1) is 9.21 Å². The third kappa shape index (κ3) is 5.61. The van der Waals surface area contributed by atoms with Gasteiger partial charge in [0.25, 0.3) is 0 Å². The first-order valence-corrected chi connectivity index (χ1v) is 7.82. The Morgan fingerprint density at radius 3 is 2.55 bits per heavy atom. The molecule has 0 bridgehead atoms. The normalized spacial score (nSPS) is 12.4. The number of ketones is 1. The van der Waals surface area contributed by atoms with Gasteiger partial charge < -0.3 is 10.4 Å². The molecule has 0 aliphatic heterocycles. The first kappa shape index (κ1) is 17.1. The fourth-order valence-electron chi connectivity index (χ4n) is 1.80. The van der Waals surface area contributed by atoms with E-state index >= 15 is 0 Å². The van der Waals surface area contributed by atoms with E-state index in [-0.39, 0.29) is 43.1 Å². The van der Waals surface area contributed by atoms with Crippen LogP contribution in [0.15, 0.2) is 12.1 Å². The number of aliphatic hydroxyl groups is 1. The van der Waals surface area contributed by atoms with Crippen LogP contribution in [-0.4, -0.2) is 29.4 Å². The van der Waals surface area contributed by atoms with Crippen LogP contribution in [0.25, 0.3) is 0 Å². The SMILES string of the molecule is CC(C)C(CCO)NC(=O)CCC(=O)c1ccc(Cl)s1. The Morgan fingerprint density at radius 2 is 2.05 bits per heavy atom. The fraction of sp³-hybridized carbons (Fsp3) is 0.571. The molecule has 1 aromatic heterocycles. The summed E-state index contributed by atoms with van der Waals surface area (Å²) in [5.74, 6) is 0.0198. The second-order valence-corrected chi connectivity index (χ2v) is 6.67. The average molecular weight is 318 g/mol. The summed E-state index contributed by atoms with van der Waals surface area (Å²) in [6, 6.07) is 3.30. The zero-order valence-electron chi connectivity index (χ0n) is 11.7. The summed E-state index contributed by atoms with van der Waals surface area (Å²) in [5.41, 5.74) is 0. The topological polar surface area (TPSA) is 66.4 Å². The number of hydrogen-bond donors (Lipinski definition) is 2. The summed E-state index contributed by atoms with van der Waals surface area (Å²) >= 11 is 6.99. The molecule has 4 nitrogen and oxygen atoms in total. The molecule has 0 radical (unpaired) electrons. The summed E-state index contributed by atoms with van der Waals surface area (Å²) in [6.45, 7) is 4.01. The van der Waals surface area contributed by atoms with E-state index in [9.17, 15) is 9.59 Å². The first-order valence-electron chi connectivity index (χ1n) is 6.62. The largest absolute Gasteiger partial charge is 0.396 e. The predicted molar refractivity (Wildman–Crippen MR) is 81.4 cm³/mol. The standard InChI is InChI=1S/C14H20ClNO3S/c1-9(2)10(7-8-17)16-14(19)6-3-11(18)12-4-5-13(15)20-12/h4-5,9-10,17H,3,6-8H2,1-2H3,(H,16,19). The quantitative estimate of drug-likeness (QED) is 0.724. The van der Waals surface area contributed by atoms with Crippen molar-refractivity contribution in [1.29, 1.82) is 0 Å². The summed E-state index contributed by atoms with van der Waals surface area (Å²) in [5, 5.41) is 11.8. The van der Waals surface area contributed by atoms with Crippen molar-refractivity contribution in [3.63, 3.8) is 0 Å². The zero-order chi connectivity index (χ0) is 15.1. The summed E-state index contributed by atoms with van der Waals surface area (Å²) < 4.78 is 0.570. The zero-order valence-corrected chi connectivity index (χ0v) is 13.3. The number of amides is 1. The Morgan fingerprint density at radius 1 is 1.35 bits per heavy atom. The number of rotatable bonds is 8. The lowest BCUT2D eigenvalue weighted by molar-refractivity contribution is -0.122. The molecule has 2 N–H and O–H groups in total. The highest BCUT2D eigenvalue weighted by molar-refractivity contribution is 7.18. The molecular weight excluding hydrogens is 298 g/mol. The number of Topliss-reactive ketones (excluding diaryl/α,β-unsaturated/α-hetero) is 1. The summed E-state index contributed by atoms with van der Waals surface area (Å²) in [6.07, 6.45) is 0.855. The Hall–Kier alpha value is -0.910. The number of thiophene rings is 1. The van der Waals surface area contributed by atoms with E-state index in [1.165, 1.54) is 11.3 Å². The molecule has 1 rings (SSSR count). The fourth-order valence-corrected chi connectivity index (χ4v) is 2.82. The molecule has 0 aromatic carbocycles. The number of carbonyl (C=O) groups is 2. The van der Waals surface area contributed by atoms with Crippen molar-refractivity contribution in [2.45, 2.75) is 39.2 Å². The maximum absolute atomic E-state index is 11.8. The van der Waals surface area contributed by atoms with Crippen molar-refractivity contribution in [3.05, 3.63) is 21.3 Å². The molecule has 1 aromatic rings. The molecule has 0 fully saturated rings. The van der Waals surface area contributed by atoms with Gasteiger partial charge in [0, 0.05) is 25.5 Å². The van der Waals surface area contributed by atoms with E-state index in [0.29, 0.717) is 15.6 Å². The van der Waals surface area contributed by atoms with Gasteiger partial charge in [-0.15, -0.1) is 11.3 Å². The van der Waals surface area contributed by atoms with Crippen LogP contribution in [-0.2, 0) is 4.79 Å². The van der Waals surface area contributed by atoms with E-state index in [4.69, 9.17) is 16.7 Å². The van der Waals surface area contributed by atoms with Crippen LogP contribution in [0.2, 0.25) is 4.34 Å². The molecule has 1 heterocycles. The van der Waals surface area contributed by atoms with Gasteiger partial charge in [-0.2, -0.15) is 0 Å². The second kappa shape index (κ2) is 8.39. The van der Waals surface area contributed by atoms with Gasteiger partial charge in [0.2, 0.25) is 5.91 Å². The van der Waals surface area contributed by atoms with Crippen LogP contribution in [0.1, 0.15) is 42.8 Å². The summed E-state index contributed by atoms with van der Waals surface area (Å²) in [7, 11) is 0. The molecule has 1 amide bonds. The Labute approximate surface area is 128 Å². The molecule has 0 aliphatic carbocycles. The molecule has 0 aliphatic rings. The van der Waals surface area contributed by atoms with E-state index in [1.54, 1.807) is 12.1 Å². The Kier molecular flexibility index (Phi) is 7.19. The van der Waals surface area contributed by atoms with E-state index < -0.39 is 0 Å². The van der Waals surface area contributed by atoms with Gasteiger partial charge in [-0.1, -0.05) is 25.4 Å². The van der Waals surface area contributed by atoms with Crippen molar-refractivity contribution in [2.75, 3.05) is 6.61 Å². The molecular formula is C14H20ClNO3S. The smallest absolute Gasteiger partial charge is 0.220 e. The lowest BCUT2D eigenvalue weighted by atomic mass is 10.0. The molecule has 0 spiro atoms. The maximum atomic E-state index is 11.8. The minimum absolute atomic E-state index is 0.0375. The van der Waals surface area contributed by atoms with E-state index in [0.717, 1.165) is 0 Å². The molecule has 0 saturated heterocycles. The van der Waals surface area contributed by atoms with Gasteiger partial charge in [-0.05, 0) is 24.5 Å². The van der Waals surface area contributed by atoms with Gasteiger partial charge in [-0.25, -0.2) is 0 Å². The average Bonchev–Trinajstić information content (AvgIpc) is 2.82. The minimum atomic E-state index is -0.159. The van der Waals surface area contributed by atoms with Gasteiger partial charge >= 0.3 is 0 Å². The maximum Gasteiger partial charge on any atom is 0.220 e. The summed E-state index contributed by atoms with van der Waals surface area (Å²) in [4.78, 5) is 24.2. The van der Waals surface area contributed by atoms with Crippen molar-refractivity contribution >= 4 is 34.6 Å². The van der Waals surface area contributed by atoms with E-state index in [2.05, 4.69) is 5.32 Å². The third-order valence-corrected chi connectivity index (χ3v) is 4.29. The van der Waals surface area contributed by atoms with Gasteiger partial charge in [0.1, 0.15) is 0 Å². The van der Waals surface area contributed by atoms with Gasteiger partial charge in [0.15, 0.2) is 5.78 Å².